The predicted molar refractivity (Wildman–Crippen MR) is 220 cm³/mol. The number of hydrogen-bond donors (Lipinski definition) is 1. The number of hydrogen-bond acceptors (Lipinski definition) is 10. The number of anilines is 1. The van der Waals surface area contributed by atoms with Crippen LogP contribution in [0, 0.1) is 17.8 Å². The van der Waals surface area contributed by atoms with Crippen LogP contribution in [-0.2, 0) is 37.8 Å². The number of benzene rings is 2. The van der Waals surface area contributed by atoms with Crippen molar-refractivity contribution in [3.8, 4) is 5.75 Å². The van der Waals surface area contributed by atoms with E-state index in [1.54, 1.807) is 36.5 Å². The highest BCUT2D eigenvalue weighted by atomic mass is 35.5. The van der Waals surface area contributed by atoms with Crippen molar-refractivity contribution in [2.75, 3.05) is 77.2 Å². The van der Waals surface area contributed by atoms with Crippen molar-refractivity contribution in [3.63, 3.8) is 0 Å². The Balaban J connectivity index is 1.23. The van der Waals surface area contributed by atoms with Crippen LogP contribution < -0.4 is 14.4 Å². The van der Waals surface area contributed by atoms with E-state index in [-0.39, 0.29) is 29.4 Å². The number of allylic oxidation sites excluding steroid dienone is 1. The lowest BCUT2D eigenvalue weighted by Gasteiger charge is -2.53. The highest BCUT2D eigenvalue weighted by Crippen LogP contribution is 2.47. The Morgan fingerprint density at radius 1 is 0.982 bits per heavy atom. The van der Waals surface area contributed by atoms with E-state index in [0.717, 1.165) is 88.2 Å². The summed E-state index contributed by atoms with van der Waals surface area (Å²) >= 11 is 6.41. The molecular formula is C41H58ClN5O7S2. The first-order valence-electron chi connectivity index (χ1n) is 20.1. The number of nitrogens with zero attached hydrogens (tertiary/aromatic N) is 4. The second-order valence-electron chi connectivity index (χ2n) is 16.7. The van der Waals surface area contributed by atoms with Crippen LogP contribution in [-0.4, -0.2) is 126 Å². The zero-order valence-electron chi connectivity index (χ0n) is 33.2. The zero-order valence-corrected chi connectivity index (χ0v) is 35.5. The number of carbonyl (C=O) groups excluding carboxylic acids is 1. The average Bonchev–Trinajstić information content (AvgIpc) is 3.18. The van der Waals surface area contributed by atoms with Gasteiger partial charge in [-0.05, 0) is 105 Å². The van der Waals surface area contributed by atoms with Gasteiger partial charge in [0.1, 0.15) is 18.0 Å². The van der Waals surface area contributed by atoms with Gasteiger partial charge in [-0.25, -0.2) is 21.6 Å². The summed E-state index contributed by atoms with van der Waals surface area (Å²) in [5, 5.41) is -0.134. The number of fused-ring (bicyclic) bond motifs is 4. The third-order valence-corrected chi connectivity index (χ3v) is 16.6. The number of aryl methyl sites for hydroxylation is 1. The van der Waals surface area contributed by atoms with Gasteiger partial charge in [-0.3, -0.25) is 14.6 Å². The molecule has 1 aliphatic carbocycles. The maximum absolute atomic E-state index is 13.7. The van der Waals surface area contributed by atoms with Gasteiger partial charge in [0.05, 0.1) is 17.2 Å². The van der Waals surface area contributed by atoms with Crippen molar-refractivity contribution in [2.24, 2.45) is 17.8 Å². The predicted octanol–water partition coefficient (Wildman–Crippen LogP) is 4.78. The first kappa shape index (κ1) is 41.4. The summed E-state index contributed by atoms with van der Waals surface area (Å²) in [4.78, 5) is 20.8. The standard InChI is InChI=1S/C41H58ClN5O7S2/c1-29-8-7-16-41(53-3,28-44-18-19-45-20-21-47(55(4,49)50)26-36(45)25-44)37-14-11-33(37)24-46-17-6-5-9-31-22-35(42)13-10-34(31)27-54-39-15-12-32(23-38(39)46)40(48)43-56(51,52)30(29)2/h7,10,12-13,15-16,22-23,29-30,33,36-37H,5-6,8-9,11,14,17-21,24-28H2,1-4H3,(H,43,48)/b16-7+/t29-,30+,33-,36+,37+,41+/m0/s1. The summed E-state index contributed by atoms with van der Waals surface area (Å²) in [6.45, 7) is 10.2. The molecule has 2 aromatic rings. The first-order chi connectivity index (χ1) is 26.7. The number of methoxy groups -OCH3 is 1. The SMILES string of the molecule is CO[C@@]1(CN2CCN3CCN(S(C)(=O)=O)C[C@H]3C2)/C=C/C[C@H](C)[C@@H](C)S(=O)(=O)NC(=O)c2ccc3c(c2)N(CCCCc2cc(Cl)ccc2CO3)C[C@@H]2CC[C@H]21. The van der Waals surface area contributed by atoms with Crippen LogP contribution >= 0.6 is 11.6 Å². The van der Waals surface area contributed by atoms with E-state index in [1.165, 1.54) is 6.26 Å². The molecule has 7 rings (SSSR count). The minimum Gasteiger partial charge on any atom is -0.487 e. The zero-order chi connectivity index (χ0) is 39.8. The van der Waals surface area contributed by atoms with E-state index in [1.807, 2.05) is 25.1 Å². The second-order valence-corrected chi connectivity index (χ2v) is 21.2. The molecule has 5 aliphatic rings. The minimum absolute atomic E-state index is 0.0979. The van der Waals surface area contributed by atoms with Crippen LogP contribution in [0.4, 0.5) is 5.69 Å². The Kier molecular flexibility index (Phi) is 12.5. The molecule has 2 bridgehead atoms. The summed E-state index contributed by atoms with van der Waals surface area (Å²) in [7, 11) is -5.50. The lowest BCUT2D eigenvalue weighted by atomic mass is 9.63. The Bertz CT molecular complexity index is 2020. The summed E-state index contributed by atoms with van der Waals surface area (Å²) in [5.74, 6) is 0.148. The van der Waals surface area contributed by atoms with Gasteiger partial charge >= 0.3 is 0 Å². The van der Waals surface area contributed by atoms with Gasteiger partial charge in [-0.15, -0.1) is 0 Å². The monoisotopic (exact) mass is 831 g/mol. The molecule has 2 saturated heterocycles. The van der Waals surface area contributed by atoms with E-state index in [9.17, 15) is 21.6 Å². The van der Waals surface area contributed by atoms with Crippen LogP contribution in [0.3, 0.4) is 0 Å². The van der Waals surface area contributed by atoms with E-state index in [2.05, 4.69) is 31.6 Å². The Hall–Kier alpha value is -2.72. The highest BCUT2D eigenvalue weighted by Gasteiger charge is 2.49. The molecule has 1 amide bonds. The van der Waals surface area contributed by atoms with E-state index in [4.69, 9.17) is 21.1 Å². The van der Waals surface area contributed by atoms with Crippen LogP contribution in [0.25, 0.3) is 0 Å². The third kappa shape index (κ3) is 8.96. The van der Waals surface area contributed by atoms with Crippen molar-refractivity contribution in [1.29, 1.82) is 0 Å². The number of ether oxygens (including phenoxy) is 2. The molecule has 2 aromatic carbocycles. The lowest BCUT2D eigenvalue weighted by Crippen LogP contribution is -2.65. The fraction of sp³-hybridized carbons (Fsp3) is 0.634. The molecule has 0 spiro atoms. The fourth-order valence-electron chi connectivity index (χ4n) is 9.42. The van der Waals surface area contributed by atoms with E-state index < -0.39 is 36.8 Å². The van der Waals surface area contributed by atoms with Crippen LogP contribution in [0.2, 0.25) is 5.02 Å². The van der Waals surface area contributed by atoms with E-state index >= 15 is 0 Å². The summed E-state index contributed by atoms with van der Waals surface area (Å²) in [5.41, 5.74) is 2.61. The largest absolute Gasteiger partial charge is 0.487 e. The topological polar surface area (TPSA) is 129 Å². The summed E-state index contributed by atoms with van der Waals surface area (Å²) in [6, 6.07) is 11.2. The van der Waals surface area contributed by atoms with Gasteiger partial charge in [-0.2, -0.15) is 4.31 Å². The maximum Gasteiger partial charge on any atom is 0.264 e. The van der Waals surface area contributed by atoms with Crippen molar-refractivity contribution in [2.45, 2.75) is 75.9 Å². The molecule has 0 aromatic heterocycles. The molecular weight excluding hydrogens is 774 g/mol. The quantitative estimate of drug-likeness (QED) is 0.431. The number of rotatable bonds is 4. The molecule has 56 heavy (non-hydrogen) atoms. The van der Waals surface area contributed by atoms with Crippen molar-refractivity contribution >= 4 is 43.2 Å². The Labute approximate surface area is 338 Å². The van der Waals surface area contributed by atoms with Gasteiger partial charge in [0.2, 0.25) is 20.0 Å². The molecule has 3 fully saturated rings. The van der Waals surface area contributed by atoms with Crippen LogP contribution in [0.15, 0.2) is 48.6 Å². The molecule has 308 valence electrons. The average molecular weight is 833 g/mol. The highest BCUT2D eigenvalue weighted by molar-refractivity contribution is 7.90. The van der Waals surface area contributed by atoms with Gasteiger partial charge in [0.25, 0.3) is 5.91 Å². The van der Waals surface area contributed by atoms with Crippen LogP contribution in [0.5, 0.6) is 5.75 Å². The van der Waals surface area contributed by atoms with Gasteiger partial charge < -0.3 is 14.4 Å². The lowest BCUT2D eigenvalue weighted by molar-refractivity contribution is -0.101. The molecule has 4 heterocycles. The molecule has 1 saturated carbocycles. The van der Waals surface area contributed by atoms with Crippen LogP contribution in [0.1, 0.15) is 67.4 Å². The first-order valence-corrected chi connectivity index (χ1v) is 23.9. The maximum atomic E-state index is 13.7. The number of halogens is 1. The molecule has 1 N–H and O–H groups in total. The summed E-state index contributed by atoms with van der Waals surface area (Å²) < 4.78 is 69.5. The smallest absolute Gasteiger partial charge is 0.264 e. The Morgan fingerprint density at radius 3 is 2.54 bits per heavy atom. The van der Waals surface area contributed by atoms with Crippen molar-refractivity contribution in [1.82, 2.24) is 18.8 Å². The normalized spacial score (nSPS) is 31.6. The van der Waals surface area contributed by atoms with Gasteiger partial charge in [0.15, 0.2) is 0 Å². The molecule has 12 nitrogen and oxygen atoms in total. The van der Waals surface area contributed by atoms with Crippen molar-refractivity contribution in [3.05, 3.63) is 70.3 Å². The Morgan fingerprint density at radius 2 is 1.79 bits per heavy atom. The minimum atomic E-state index is -4.01. The fourth-order valence-corrected chi connectivity index (χ4v) is 11.8. The number of amides is 1. The number of piperazine rings is 2. The summed E-state index contributed by atoms with van der Waals surface area (Å²) in [6.07, 6.45) is 10.8. The molecule has 15 heteroatoms. The number of carbonyl (C=O) groups is 1. The molecule has 6 atom stereocenters. The van der Waals surface area contributed by atoms with Crippen molar-refractivity contribution < 1.29 is 31.1 Å². The number of nitrogens with one attached hydrogen (secondary N) is 1. The van der Waals surface area contributed by atoms with Gasteiger partial charge in [-0.1, -0.05) is 36.7 Å². The molecule has 0 unspecified atom stereocenters. The molecule has 0 radical (unpaired) electrons. The molecule has 4 aliphatic heterocycles. The van der Waals surface area contributed by atoms with Gasteiger partial charge in [0, 0.05) is 82.6 Å². The second kappa shape index (κ2) is 16.9. The number of sulfonamides is 2. The third-order valence-electron chi connectivity index (χ3n) is 13.2. The van der Waals surface area contributed by atoms with E-state index in [0.29, 0.717) is 43.4 Å².